The van der Waals surface area contributed by atoms with Crippen molar-refractivity contribution < 1.29 is 4.79 Å². The first-order valence-corrected chi connectivity index (χ1v) is 9.73. The van der Waals surface area contributed by atoms with Gasteiger partial charge in [-0.1, -0.05) is 23.7 Å². The Kier molecular flexibility index (Phi) is 5.32. The van der Waals surface area contributed by atoms with E-state index in [9.17, 15) is 4.79 Å². The monoisotopic (exact) mass is 406 g/mol. The summed E-state index contributed by atoms with van der Waals surface area (Å²) in [6.45, 7) is 0. The summed E-state index contributed by atoms with van der Waals surface area (Å²) in [6, 6.07) is 16.8. The molecule has 2 heterocycles. The van der Waals surface area contributed by atoms with E-state index in [1.165, 1.54) is 12.4 Å². The number of aromatic nitrogens is 2. The van der Waals surface area contributed by atoms with Crippen molar-refractivity contribution in [3.8, 4) is 0 Å². The maximum atomic E-state index is 12.2. The molecular weight excluding hydrogens is 392 g/mol. The van der Waals surface area contributed by atoms with Crippen molar-refractivity contribution in [1.82, 2.24) is 9.97 Å². The van der Waals surface area contributed by atoms with Crippen LogP contribution in [0.3, 0.4) is 0 Å². The van der Waals surface area contributed by atoms with Crippen molar-refractivity contribution in [2.75, 3.05) is 10.6 Å². The minimum atomic E-state index is -0.200. The van der Waals surface area contributed by atoms with E-state index in [2.05, 4.69) is 20.6 Å². The van der Waals surface area contributed by atoms with E-state index < -0.39 is 0 Å². The molecular formula is C21H15ClN4OS. The molecule has 0 aliphatic rings. The number of thiophene rings is 1. The molecule has 138 valence electrons. The van der Waals surface area contributed by atoms with Gasteiger partial charge in [0.25, 0.3) is 0 Å². The van der Waals surface area contributed by atoms with E-state index >= 15 is 0 Å². The van der Waals surface area contributed by atoms with Crippen molar-refractivity contribution in [3.05, 3.63) is 82.3 Å². The molecule has 0 bridgehead atoms. The first-order chi connectivity index (χ1) is 13.7. The van der Waals surface area contributed by atoms with Crippen molar-refractivity contribution in [3.63, 3.8) is 0 Å². The van der Waals surface area contributed by atoms with Crippen LogP contribution in [0.15, 0.2) is 72.4 Å². The van der Waals surface area contributed by atoms with Gasteiger partial charge in [-0.3, -0.25) is 4.79 Å². The molecule has 2 aromatic carbocycles. The summed E-state index contributed by atoms with van der Waals surface area (Å²) < 4.78 is 0. The number of carbonyl (C=O) groups excluding carboxylic acids is 1. The van der Waals surface area contributed by atoms with Gasteiger partial charge >= 0.3 is 0 Å². The fraction of sp³-hybridized carbons (Fsp3) is 0. The number of hydrogen-bond acceptors (Lipinski definition) is 5. The topological polar surface area (TPSA) is 66.9 Å². The fourth-order valence-corrected chi connectivity index (χ4v) is 3.47. The lowest BCUT2D eigenvalue weighted by atomic mass is 10.2. The molecule has 0 saturated heterocycles. The Labute approximate surface area is 170 Å². The SMILES string of the molecule is O=C(C=Cc1cccs1)Nc1ccc2ncnc(Nc3cccc(Cl)c3)c2c1. The minimum Gasteiger partial charge on any atom is -0.340 e. The molecule has 0 radical (unpaired) electrons. The zero-order chi connectivity index (χ0) is 19.3. The van der Waals surface area contributed by atoms with Crippen LogP contribution in [0.5, 0.6) is 0 Å². The Morgan fingerprint density at radius 2 is 1.96 bits per heavy atom. The molecule has 4 aromatic rings. The Morgan fingerprint density at radius 1 is 1.04 bits per heavy atom. The minimum absolute atomic E-state index is 0.200. The van der Waals surface area contributed by atoms with E-state index in [0.29, 0.717) is 16.5 Å². The molecule has 1 amide bonds. The van der Waals surface area contributed by atoms with Crippen LogP contribution in [0.4, 0.5) is 17.2 Å². The van der Waals surface area contributed by atoms with Crippen LogP contribution in [-0.4, -0.2) is 15.9 Å². The zero-order valence-corrected chi connectivity index (χ0v) is 16.2. The number of hydrogen-bond donors (Lipinski definition) is 2. The molecule has 28 heavy (non-hydrogen) atoms. The van der Waals surface area contributed by atoms with Gasteiger partial charge in [-0.2, -0.15) is 0 Å². The second-order valence-corrected chi connectivity index (χ2v) is 7.34. The molecule has 0 fully saturated rings. The highest BCUT2D eigenvalue weighted by atomic mass is 35.5. The molecule has 0 atom stereocenters. The number of amides is 1. The normalized spacial score (nSPS) is 11.0. The van der Waals surface area contributed by atoms with Crippen LogP contribution >= 0.6 is 22.9 Å². The number of nitrogens with zero attached hydrogens (tertiary/aromatic N) is 2. The van der Waals surface area contributed by atoms with Gasteiger partial charge in [-0.15, -0.1) is 11.3 Å². The third-order valence-corrected chi connectivity index (χ3v) is 5.01. The summed E-state index contributed by atoms with van der Waals surface area (Å²) in [5.41, 5.74) is 2.25. The van der Waals surface area contributed by atoms with E-state index in [1.54, 1.807) is 17.4 Å². The largest absolute Gasteiger partial charge is 0.340 e. The number of halogens is 1. The second kappa shape index (κ2) is 8.21. The maximum absolute atomic E-state index is 12.2. The number of nitrogens with one attached hydrogen (secondary N) is 2. The molecule has 2 N–H and O–H groups in total. The molecule has 0 unspecified atom stereocenters. The highest BCUT2D eigenvalue weighted by Gasteiger charge is 2.07. The molecule has 7 heteroatoms. The highest BCUT2D eigenvalue weighted by molar-refractivity contribution is 7.10. The maximum Gasteiger partial charge on any atom is 0.248 e. The highest BCUT2D eigenvalue weighted by Crippen LogP contribution is 2.26. The van der Waals surface area contributed by atoms with Gasteiger partial charge in [0.1, 0.15) is 12.1 Å². The first kappa shape index (κ1) is 18.2. The van der Waals surface area contributed by atoms with Gasteiger partial charge < -0.3 is 10.6 Å². The van der Waals surface area contributed by atoms with Gasteiger partial charge in [0.15, 0.2) is 0 Å². The second-order valence-electron chi connectivity index (χ2n) is 5.93. The Bertz CT molecular complexity index is 1160. The van der Waals surface area contributed by atoms with Crippen molar-refractivity contribution in [1.29, 1.82) is 0 Å². The van der Waals surface area contributed by atoms with Gasteiger partial charge in [0.2, 0.25) is 5.91 Å². The van der Waals surface area contributed by atoms with Crippen LogP contribution in [-0.2, 0) is 4.79 Å². The van der Waals surface area contributed by atoms with Crippen LogP contribution in [0.2, 0.25) is 5.02 Å². The molecule has 0 spiro atoms. The average Bonchev–Trinajstić information content (AvgIpc) is 3.21. The number of anilines is 3. The number of rotatable bonds is 5. The van der Waals surface area contributed by atoms with E-state index in [0.717, 1.165) is 21.5 Å². The third kappa shape index (κ3) is 4.36. The van der Waals surface area contributed by atoms with Gasteiger partial charge in [-0.25, -0.2) is 9.97 Å². The van der Waals surface area contributed by atoms with Crippen molar-refractivity contribution >= 4 is 63.0 Å². The van der Waals surface area contributed by atoms with Crippen molar-refractivity contribution in [2.45, 2.75) is 0 Å². The van der Waals surface area contributed by atoms with Crippen LogP contribution < -0.4 is 10.6 Å². The summed E-state index contributed by atoms with van der Waals surface area (Å²) in [6.07, 6.45) is 4.80. The fourth-order valence-electron chi connectivity index (χ4n) is 2.66. The zero-order valence-electron chi connectivity index (χ0n) is 14.6. The molecule has 5 nitrogen and oxygen atoms in total. The van der Waals surface area contributed by atoms with Crippen LogP contribution in [0.25, 0.3) is 17.0 Å². The van der Waals surface area contributed by atoms with Crippen LogP contribution in [0.1, 0.15) is 4.88 Å². The summed E-state index contributed by atoms with van der Waals surface area (Å²) in [7, 11) is 0. The Balaban J connectivity index is 1.58. The van der Waals surface area contributed by atoms with Gasteiger partial charge in [0.05, 0.1) is 5.52 Å². The number of fused-ring (bicyclic) bond motifs is 1. The predicted octanol–water partition coefficient (Wildman–Crippen LogP) is 5.74. The molecule has 4 rings (SSSR count). The summed E-state index contributed by atoms with van der Waals surface area (Å²) in [5, 5.41) is 9.52. The van der Waals surface area contributed by atoms with E-state index in [1.807, 2.05) is 60.0 Å². The lowest BCUT2D eigenvalue weighted by molar-refractivity contribution is -0.111. The standard InChI is InChI=1S/C21H15ClN4OS/c22-14-3-1-4-15(11-14)26-21-18-12-16(6-8-19(18)23-13-24-21)25-20(27)9-7-17-5-2-10-28-17/h1-13H,(H,25,27)(H,23,24,26). The molecule has 0 aliphatic carbocycles. The average molecular weight is 407 g/mol. The summed E-state index contributed by atoms with van der Waals surface area (Å²) in [5.74, 6) is 0.437. The summed E-state index contributed by atoms with van der Waals surface area (Å²) >= 11 is 7.63. The van der Waals surface area contributed by atoms with Gasteiger partial charge in [-0.05, 0) is 53.9 Å². The quantitative estimate of drug-likeness (QED) is 0.415. The summed E-state index contributed by atoms with van der Waals surface area (Å²) in [4.78, 5) is 21.8. The lowest BCUT2D eigenvalue weighted by Gasteiger charge is -2.10. The number of benzene rings is 2. The van der Waals surface area contributed by atoms with E-state index in [-0.39, 0.29) is 5.91 Å². The Morgan fingerprint density at radius 3 is 2.79 bits per heavy atom. The van der Waals surface area contributed by atoms with Crippen molar-refractivity contribution in [2.24, 2.45) is 0 Å². The third-order valence-electron chi connectivity index (χ3n) is 3.93. The van der Waals surface area contributed by atoms with Gasteiger partial charge in [0, 0.05) is 32.7 Å². The molecule has 0 aliphatic heterocycles. The molecule has 2 aromatic heterocycles. The van der Waals surface area contributed by atoms with Crippen LogP contribution in [0, 0.1) is 0 Å². The lowest BCUT2D eigenvalue weighted by Crippen LogP contribution is -2.07. The van der Waals surface area contributed by atoms with E-state index in [4.69, 9.17) is 11.6 Å². The first-order valence-electron chi connectivity index (χ1n) is 8.47. The smallest absolute Gasteiger partial charge is 0.248 e. The predicted molar refractivity (Wildman–Crippen MR) is 116 cm³/mol. The molecule has 0 saturated carbocycles. The Hall–Kier alpha value is -3.22. The number of carbonyl (C=O) groups is 1.